The fourth-order valence-corrected chi connectivity index (χ4v) is 5.26. The Morgan fingerprint density at radius 2 is 1.62 bits per heavy atom. The normalized spacial score (nSPS) is 11.2. The smallest absolute Gasteiger partial charge is 0.281 e. The first-order valence-electron chi connectivity index (χ1n) is 12.6. The summed E-state index contributed by atoms with van der Waals surface area (Å²) in [6.07, 6.45) is 0. The van der Waals surface area contributed by atoms with Gasteiger partial charge in [0.2, 0.25) is 5.88 Å². The number of rotatable bonds is 9. The summed E-state index contributed by atoms with van der Waals surface area (Å²) in [5, 5.41) is -0.264. The second kappa shape index (κ2) is 11.7. The van der Waals surface area contributed by atoms with Crippen LogP contribution in [0.5, 0.6) is 23.1 Å². The van der Waals surface area contributed by atoms with Crippen LogP contribution in [-0.4, -0.2) is 38.0 Å². The van der Waals surface area contributed by atoms with Crippen LogP contribution in [0.2, 0.25) is 0 Å². The van der Waals surface area contributed by atoms with Gasteiger partial charge in [-0.3, -0.25) is 4.79 Å². The Labute approximate surface area is 234 Å². The van der Waals surface area contributed by atoms with Crippen molar-refractivity contribution in [3.8, 4) is 34.4 Å². The third kappa shape index (κ3) is 6.23. The molecule has 9 nitrogen and oxygen atoms in total. The number of hydrogen-bond donors (Lipinski definition) is 1. The summed E-state index contributed by atoms with van der Waals surface area (Å²) in [7, 11) is -2.70. The standard InChI is InChI=1S/C30H31N3O6S/c1-7-38-25-14-11-22(17-26(25)37-6)24-13-12-23(29(34)33-40(35,36)27-10-8-9-21(5)31-27)30(32-24)39-28-19(3)15-18(2)16-20(28)4/h8-17H,7H2,1-6H3,(H,33,34). The molecule has 0 spiro atoms. The average Bonchev–Trinajstić information content (AvgIpc) is 2.90. The highest BCUT2D eigenvalue weighted by Gasteiger charge is 2.25. The van der Waals surface area contributed by atoms with E-state index in [1.807, 2.05) is 45.9 Å². The molecule has 4 aromatic rings. The van der Waals surface area contributed by atoms with Crippen LogP contribution >= 0.6 is 0 Å². The molecular weight excluding hydrogens is 530 g/mol. The van der Waals surface area contributed by atoms with E-state index in [2.05, 4.69) is 14.7 Å². The first-order chi connectivity index (χ1) is 19.0. The largest absolute Gasteiger partial charge is 0.493 e. The highest BCUT2D eigenvalue weighted by Crippen LogP contribution is 2.35. The van der Waals surface area contributed by atoms with Gasteiger partial charge in [-0.15, -0.1) is 0 Å². The molecule has 1 N–H and O–H groups in total. The van der Waals surface area contributed by atoms with Crippen molar-refractivity contribution in [3.05, 3.63) is 88.6 Å². The number of hydrogen-bond acceptors (Lipinski definition) is 8. The lowest BCUT2D eigenvalue weighted by atomic mass is 10.1. The molecule has 0 saturated heterocycles. The number of carbonyl (C=O) groups excluding carboxylic acids is 1. The Kier molecular flexibility index (Phi) is 8.39. The Hall–Kier alpha value is -4.44. The van der Waals surface area contributed by atoms with Gasteiger partial charge >= 0.3 is 0 Å². The van der Waals surface area contributed by atoms with E-state index in [-0.39, 0.29) is 16.5 Å². The SMILES string of the molecule is CCOc1ccc(-c2ccc(C(=O)NS(=O)(=O)c3cccc(C)n3)c(Oc3c(C)cc(C)cc3C)n2)cc1OC. The zero-order chi connectivity index (χ0) is 29.0. The fraction of sp³-hybridized carbons (Fsp3) is 0.233. The molecule has 0 saturated carbocycles. The maximum absolute atomic E-state index is 13.3. The number of benzene rings is 2. The molecule has 0 atom stereocenters. The number of ether oxygens (including phenoxy) is 3. The minimum atomic E-state index is -4.25. The molecule has 1 amide bonds. The number of aryl methyl sites for hydroxylation is 4. The number of aromatic nitrogens is 2. The van der Waals surface area contributed by atoms with Gasteiger partial charge in [-0.05, 0) is 88.2 Å². The van der Waals surface area contributed by atoms with Crippen molar-refractivity contribution >= 4 is 15.9 Å². The number of carbonyl (C=O) groups is 1. The van der Waals surface area contributed by atoms with Gasteiger partial charge in [-0.25, -0.2) is 14.7 Å². The molecule has 0 aliphatic rings. The van der Waals surface area contributed by atoms with Gasteiger partial charge in [-0.1, -0.05) is 23.8 Å². The highest BCUT2D eigenvalue weighted by atomic mass is 32.2. The monoisotopic (exact) mass is 561 g/mol. The number of nitrogens with zero attached hydrogens (tertiary/aromatic N) is 2. The maximum atomic E-state index is 13.3. The third-order valence-corrected chi connectivity index (χ3v) is 7.26. The summed E-state index contributed by atoms with van der Waals surface area (Å²) in [5.74, 6) is 0.681. The predicted octanol–water partition coefficient (Wildman–Crippen LogP) is 5.70. The second-order valence-corrected chi connectivity index (χ2v) is 10.9. The summed E-state index contributed by atoms with van der Waals surface area (Å²) < 4.78 is 45.3. The van der Waals surface area contributed by atoms with Crippen molar-refractivity contribution in [1.82, 2.24) is 14.7 Å². The van der Waals surface area contributed by atoms with E-state index in [1.165, 1.54) is 12.1 Å². The van der Waals surface area contributed by atoms with Crippen molar-refractivity contribution in [2.75, 3.05) is 13.7 Å². The van der Waals surface area contributed by atoms with Crippen molar-refractivity contribution in [3.63, 3.8) is 0 Å². The van der Waals surface area contributed by atoms with Crippen LogP contribution < -0.4 is 18.9 Å². The van der Waals surface area contributed by atoms with Crippen LogP contribution in [0.3, 0.4) is 0 Å². The van der Waals surface area contributed by atoms with Crippen LogP contribution in [0, 0.1) is 27.7 Å². The Morgan fingerprint density at radius 1 is 0.900 bits per heavy atom. The van der Waals surface area contributed by atoms with E-state index in [9.17, 15) is 13.2 Å². The van der Waals surface area contributed by atoms with Crippen molar-refractivity contribution in [2.24, 2.45) is 0 Å². The van der Waals surface area contributed by atoms with Gasteiger partial charge in [0.1, 0.15) is 11.3 Å². The zero-order valence-corrected chi connectivity index (χ0v) is 24.0. The van der Waals surface area contributed by atoms with E-state index in [0.717, 1.165) is 16.7 Å². The lowest BCUT2D eigenvalue weighted by molar-refractivity contribution is 0.0978. The lowest BCUT2D eigenvalue weighted by Gasteiger charge is -2.16. The van der Waals surface area contributed by atoms with Crippen molar-refractivity contribution < 1.29 is 27.4 Å². The molecule has 208 valence electrons. The van der Waals surface area contributed by atoms with Gasteiger partial charge in [0.25, 0.3) is 15.9 Å². The third-order valence-electron chi connectivity index (χ3n) is 6.03. The van der Waals surface area contributed by atoms with Gasteiger partial charge in [0.15, 0.2) is 16.5 Å². The summed E-state index contributed by atoms with van der Waals surface area (Å²) in [4.78, 5) is 22.0. The molecule has 4 rings (SSSR count). The quantitative estimate of drug-likeness (QED) is 0.277. The van der Waals surface area contributed by atoms with Crippen molar-refractivity contribution in [2.45, 2.75) is 39.6 Å². The minimum Gasteiger partial charge on any atom is -0.493 e. The molecular formula is C30H31N3O6S. The first-order valence-corrected chi connectivity index (χ1v) is 14.1. The molecule has 0 radical (unpaired) electrons. The van der Waals surface area contributed by atoms with Gasteiger partial charge in [0.05, 0.1) is 19.4 Å². The van der Waals surface area contributed by atoms with Crippen LogP contribution in [0.25, 0.3) is 11.3 Å². The van der Waals surface area contributed by atoms with Gasteiger partial charge < -0.3 is 14.2 Å². The number of amides is 1. The molecule has 2 aromatic carbocycles. The molecule has 10 heteroatoms. The molecule has 0 aliphatic carbocycles. The van der Waals surface area contributed by atoms with E-state index >= 15 is 0 Å². The van der Waals surface area contributed by atoms with E-state index in [4.69, 9.17) is 14.2 Å². The van der Waals surface area contributed by atoms with Crippen molar-refractivity contribution in [1.29, 1.82) is 0 Å². The summed E-state index contributed by atoms with van der Waals surface area (Å²) in [5.41, 5.74) is 4.36. The minimum absolute atomic E-state index is 0.0506. The molecule has 2 heterocycles. The Morgan fingerprint density at radius 3 is 2.27 bits per heavy atom. The number of pyridine rings is 2. The summed E-state index contributed by atoms with van der Waals surface area (Å²) in [6.45, 7) is 9.79. The molecule has 40 heavy (non-hydrogen) atoms. The van der Waals surface area contributed by atoms with E-state index in [0.29, 0.717) is 40.8 Å². The molecule has 0 unspecified atom stereocenters. The first kappa shape index (κ1) is 28.6. The number of sulfonamides is 1. The molecule has 0 fully saturated rings. The van der Waals surface area contributed by atoms with Gasteiger partial charge in [-0.2, -0.15) is 8.42 Å². The molecule has 0 aliphatic heterocycles. The number of methoxy groups -OCH3 is 1. The second-order valence-electron chi connectivity index (χ2n) is 9.23. The van der Waals surface area contributed by atoms with Gasteiger partial charge in [0, 0.05) is 11.3 Å². The van der Waals surface area contributed by atoms with Crippen LogP contribution in [0.1, 0.15) is 39.7 Å². The highest BCUT2D eigenvalue weighted by molar-refractivity contribution is 7.90. The summed E-state index contributed by atoms with van der Waals surface area (Å²) in [6, 6.07) is 16.9. The Balaban J connectivity index is 1.79. The number of nitrogens with one attached hydrogen (secondary N) is 1. The zero-order valence-electron chi connectivity index (χ0n) is 23.2. The van der Waals surface area contributed by atoms with Crippen LogP contribution in [0.4, 0.5) is 0 Å². The average molecular weight is 562 g/mol. The van der Waals surface area contributed by atoms with E-state index < -0.39 is 15.9 Å². The van der Waals surface area contributed by atoms with Crippen LogP contribution in [-0.2, 0) is 10.0 Å². The molecule has 2 aromatic heterocycles. The van der Waals surface area contributed by atoms with Crippen LogP contribution in [0.15, 0.2) is 65.7 Å². The Bertz CT molecular complexity index is 1660. The maximum Gasteiger partial charge on any atom is 0.281 e. The predicted molar refractivity (Wildman–Crippen MR) is 152 cm³/mol. The molecule has 0 bridgehead atoms. The lowest BCUT2D eigenvalue weighted by Crippen LogP contribution is -2.31. The topological polar surface area (TPSA) is 117 Å². The summed E-state index contributed by atoms with van der Waals surface area (Å²) >= 11 is 0. The fourth-order valence-electron chi connectivity index (χ4n) is 4.27. The van der Waals surface area contributed by atoms with E-state index in [1.54, 1.807) is 44.4 Å².